The van der Waals surface area contributed by atoms with Crippen LogP contribution < -0.4 is 5.32 Å². The van der Waals surface area contributed by atoms with E-state index in [1.165, 1.54) is 0 Å². The summed E-state index contributed by atoms with van der Waals surface area (Å²) < 4.78 is 37.2. The molecule has 1 atom stereocenters. The molecule has 0 saturated carbocycles. The summed E-state index contributed by atoms with van der Waals surface area (Å²) in [6, 6.07) is 5.89. The van der Waals surface area contributed by atoms with E-state index in [0.717, 1.165) is 37.2 Å². The topological polar surface area (TPSA) is 15.3 Å². The molecule has 0 amide bonds. The normalized spacial score (nSPS) is 19.5. The van der Waals surface area contributed by atoms with Gasteiger partial charge in [-0.1, -0.05) is 12.1 Å². The van der Waals surface area contributed by atoms with Crippen LogP contribution in [0.25, 0.3) is 0 Å². The molecule has 19 heavy (non-hydrogen) atoms. The van der Waals surface area contributed by atoms with Crippen LogP contribution in [0.3, 0.4) is 0 Å². The lowest BCUT2D eigenvalue weighted by molar-refractivity contribution is -0.137. The minimum atomic E-state index is -4.25. The van der Waals surface area contributed by atoms with Gasteiger partial charge in [0.05, 0.1) is 5.56 Å². The quantitative estimate of drug-likeness (QED) is 0.922. The zero-order valence-corrected chi connectivity index (χ0v) is 11.5. The maximum Gasteiger partial charge on any atom is 0.416 e. The van der Waals surface area contributed by atoms with Gasteiger partial charge in [0.25, 0.3) is 0 Å². The van der Waals surface area contributed by atoms with Gasteiger partial charge in [0.2, 0.25) is 0 Å². The van der Waals surface area contributed by atoms with Crippen LogP contribution in [0.15, 0.2) is 24.3 Å². The number of alkyl halides is 3. The van der Waals surface area contributed by atoms with Crippen LogP contribution in [0.2, 0.25) is 0 Å². The van der Waals surface area contributed by atoms with Crippen LogP contribution in [0.4, 0.5) is 13.2 Å². The molecule has 0 aliphatic carbocycles. The van der Waals surface area contributed by atoms with Crippen molar-refractivity contribution < 1.29 is 13.2 Å². The summed E-state index contributed by atoms with van der Waals surface area (Å²) in [6.07, 6.45) is -3.16. The van der Waals surface area contributed by atoms with E-state index in [-0.39, 0.29) is 12.4 Å². The molecule has 1 unspecified atom stereocenters. The maximum absolute atomic E-state index is 12.4. The molecule has 6 heteroatoms. The van der Waals surface area contributed by atoms with Crippen molar-refractivity contribution in [1.82, 2.24) is 10.2 Å². The third-order valence-corrected chi connectivity index (χ3v) is 3.37. The van der Waals surface area contributed by atoms with Gasteiger partial charge in [0.15, 0.2) is 0 Å². The lowest BCUT2D eigenvalue weighted by Crippen LogP contribution is -2.32. The Morgan fingerprint density at radius 1 is 1.26 bits per heavy atom. The Morgan fingerprint density at radius 3 is 2.37 bits per heavy atom. The highest BCUT2D eigenvalue weighted by Gasteiger charge is 2.30. The van der Waals surface area contributed by atoms with E-state index in [1.807, 2.05) is 7.05 Å². The summed E-state index contributed by atoms with van der Waals surface area (Å²) in [5.41, 5.74) is 0.328. The van der Waals surface area contributed by atoms with Crippen LogP contribution in [0, 0.1) is 0 Å². The first kappa shape index (κ1) is 16.3. The molecule has 1 fully saturated rings. The van der Waals surface area contributed by atoms with Gasteiger partial charge in [0, 0.05) is 19.1 Å². The molecular weight excluding hydrogens is 277 g/mol. The molecule has 0 bridgehead atoms. The fraction of sp³-hybridized carbons (Fsp3) is 0.538. The Hall–Kier alpha value is -0.780. The van der Waals surface area contributed by atoms with Crippen LogP contribution in [0.1, 0.15) is 17.5 Å². The van der Waals surface area contributed by atoms with Crippen LogP contribution in [0.5, 0.6) is 0 Å². The molecule has 0 spiro atoms. The first-order valence-electron chi connectivity index (χ1n) is 6.04. The fourth-order valence-electron chi connectivity index (χ4n) is 2.23. The highest BCUT2D eigenvalue weighted by molar-refractivity contribution is 5.85. The summed E-state index contributed by atoms with van der Waals surface area (Å²) in [6.45, 7) is 2.66. The average Bonchev–Trinajstić information content (AvgIpc) is 2.82. The Kier molecular flexibility index (Phi) is 5.64. The SMILES string of the molecule is CN(Cc1ccc(C(F)(F)F)cc1)C1CCNC1.Cl. The number of hydrogen-bond acceptors (Lipinski definition) is 2. The zero-order valence-electron chi connectivity index (χ0n) is 10.7. The summed E-state index contributed by atoms with van der Waals surface area (Å²) in [5, 5.41) is 3.28. The third-order valence-electron chi connectivity index (χ3n) is 3.37. The molecule has 1 aliphatic rings. The van der Waals surface area contributed by atoms with Crippen molar-refractivity contribution in [3.8, 4) is 0 Å². The third kappa shape index (κ3) is 4.37. The van der Waals surface area contributed by atoms with Crippen molar-refractivity contribution in [2.24, 2.45) is 0 Å². The van der Waals surface area contributed by atoms with Crippen molar-refractivity contribution in [1.29, 1.82) is 0 Å². The van der Waals surface area contributed by atoms with Gasteiger partial charge >= 0.3 is 6.18 Å². The molecule has 1 aliphatic heterocycles. The van der Waals surface area contributed by atoms with Gasteiger partial charge in [-0.3, -0.25) is 4.90 Å². The van der Waals surface area contributed by atoms with E-state index in [2.05, 4.69) is 10.2 Å². The number of rotatable bonds is 3. The summed E-state index contributed by atoms with van der Waals surface area (Å²) >= 11 is 0. The van der Waals surface area contributed by atoms with E-state index >= 15 is 0 Å². The Labute approximate surface area is 117 Å². The van der Waals surface area contributed by atoms with Gasteiger partial charge in [-0.05, 0) is 37.7 Å². The standard InChI is InChI=1S/C13H17F3N2.ClH/c1-18(12-6-7-17-8-12)9-10-2-4-11(5-3-10)13(14,15)16;/h2-5,12,17H,6-9H2,1H3;1H. The van der Waals surface area contributed by atoms with Gasteiger partial charge < -0.3 is 5.32 Å². The maximum atomic E-state index is 12.4. The first-order valence-corrected chi connectivity index (χ1v) is 6.04. The average molecular weight is 295 g/mol. The minimum Gasteiger partial charge on any atom is -0.315 e. The second-order valence-electron chi connectivity index (χ2n) is 4.76. The summed E-state index contributed by atoms with van der Waals surface area (Å²) in [7, 11) is 2.01. The van der Waals surface area contributed by atoms with E-state index in [0.29, 0.717) is 12.6 Å². The second-order valence-corrected chi connectivity index (χ2v) is 4.76. The van der Waals surface area contributed by atoms with Gasteiger partial charge in [-0.2, -0.15) is 13.2 Å². The number of nitrogens with one attached hydrogen (secondary N) is 1. The van der Waals surface area contributed by atoms with Gasteiger partial charge in [0.1, 0.15) is 0 Å². The second kappa shape index (κ2) is 6.59. The van der Waals surface area contributed by atoms with Crippen molar-refractivity contribution in [2.75, 3.05) is 20.1 Å². The molecule has 0 radical (unpaired) electrons. The lowest BCUT2D eigenvalue weighted by atomic mass is 10.1. The van der Waals surface area contributed by atoms with Crippen LogP contribution >= 0.6 is 12.4 Å². The molecule has 1 aromatic rings. The Morgan fingerprint density at radius 2 is 1.89 bits per heavy atom. The largest absolute Gasteiger partial charge is 0.416 e. The van der Waals surface area contributed by atoms with Crippen molar-refractivity contribution in [3.05, 3.63) is 35.4 Å². The predicted octanol–water partition coefficient (Wildman–Crippen LogP) is 2.92. The summed E-state index contributed by atoms with van der Waals surface area (Å²) in [5.74, 6) is 0. The summed E-state index contributed by atoms with van der Waals surface area (Å²) in [4.78, 5) is 2.18. The minimum absolute atomic E-state index is 0. The van der Waals surface area contributed by atoms with E-state index < -0.39 is 11.7 Å². The van der Waals surface area contributed by atoms with Crippen molar-refractivity contribution >= 4 is 12.4 Å². The smallest absolute Gasteiger partial charge is 0.315 e. The van der Waals surface area contributed by atoms with Gasteiger partial charge in [-0.25, -0.2) is 0 Å². The highest BCUT2D eigenvalue weighted by Crippen LogP contribution is 2.29. The molecule has 108 valence electrons. The highest BCUT2D eigenvalue weighted by atomic mass is 35.5. The van der Waals surface area contributed by atoms with Gasteiger partial charge in [-0.15, -0.1) is 12.4 Å². The lowest BCUT2D eigenvalue weighted by Gasteiger charge is -2.23. The Bertz CT molecular complexity index is 386. The number of halogens is 4. The number of nitrogens with zero attached hydrogens (tertiary/aromatic N) is 1. The predicted molar refractivity (Wildman–Crippen MR) is 71.4 cm³/mol. The molecule has 2 nitrogen and oxygen atoms in total. The zero-order chi connectivity index (χ0) is 13.2. The van der Waals surface area contributed by atoms with Crippen molar-refractivity contribution in [3.63, 3.8) is 0 Å². The first-order chi connectivity index (χ1) is 8.47. The van der Waals surface area contributed by atoms with Crippen LogP contribution in [-0.2, 0) is 12.7 Å². The fourth-order valence-corrected chi connectivity index (χ4v) is 2.23. The van der Waals surface area contributed by atoms with E-state index in [1.54, 1.807) is 12.1 Å². The van der Waals surface area contributed by atoms with Crippen LogP contribution in [-0.4, -0.2) is 31.1 Å². The molecule has 2 rings (SSSR count). The number of likely N-dealkylation sites (N-methyl/N-ethyl adjacent to an activating group) is 1. The van der Waals surface area contributed by atoms with Crippen molar-refractivity contribution in [2.45, 2.75) is 25.2 Å². The van der Waals surface area contributed by atoms with E-state index in [9.17, 15) is 13.2 Å². The molecule has 1 N–H and O–H groups in total. The van der Waals surface area contributed by atoms with E-state index in [4.69, 9.17) is 0 Å². The Balaban J connectivity index is 0.00000180. The monoisotopic (exact) mass is 294 g/mol. The number of hydrogen-bond donors (Lipinski definition) is 1. The molecule has 1 heterocycles. The molecule has 1 saturated heterocycles. The molecular formula is C13H18ClF3N2. The number of benzene rings is 1. The molecule has 1 aromatic carbocycles. The molecule has 0 aromatic heterocycles.